The second-order valence-corrected chi connectivity index (χ2v) is 5.34. The van der Waals surface area contributed by atoms with Crippen molar-refractivity contribution < 1.29 is 4.79 Å². The van der Waals surface area contributed by atoms with Crippen molar-refractivity contribution >= 4 is 23.4 Å². The van der Waals surface area contributed by atoms with E-state index in [2.05, 4.69) is 12.2 Å². The van der Waals surface area contributed by atoms with Crippen molar-refractivity contribution in [2.24, 2.45) is 5.73 Å². The molecule has 4 heteroatoms. The number of nitrogens with one attached hydrogen (secondary N) is 1. The van der Waals surface area contributed by atoms with Crippen LogP contribution in [0.4, 0.5) is 5.69 Å². The number of thioether (sulfide) groups is 1. The quantitative estimate of drug-likeness (QED) is 0.531. The monoisotopic (exact) mass is 266 g/mol. The van der Waals surface area contributed by atoms with Gasteiger partial charge in [-0.3, -0.25) is 4.79 Å². The molecule has 0 fully saturated rings. The van der Waals surface area contributed by atoms with Crippen LogP contribution < -0.4 is 11.1 Å². The molecule has 1 amide bonds. The molecular formula is C14H22N2OS. The molecule has 1 aromatic carbocycles. The number of amides is 1. The van der Waals surface area contributed by atoms with Gasteiger partial charge in [-0.25, -0.2) is 0 Å². The zero-order valence-corrected chi connectivity index (χ0v) is 11.8. The second kappa shape index (κ2) is 8.86. The second-order valence-electron chi connectivity index (χ2n) is 4.23. The normalized spacial score (nSPS) is 10.3. The summed E-state index contributed by atoms with van der Waals surface area (Å²) in [5, 5.41) is 3.31. The van der Waals surface area contributed by atoms with Gasteiger partial charge < -0.3 is 11.1 Å². The SMILES string of the molecule is CCCCCCSCNc1ccc(C(N)=O)cc1. The van der Waals surface area contributed by atoms with E-state index in [4.69, 9.17) is 5.73 Å². The van der Waals surface area contributed by atoms with Gasteiger partial charge in [-0.2, -0.15) is 0 Å². The van der Waals surface area contributed by atoms with Crippen LogP contribution in [0.3, 0.4) is 0 Å². The van der Waals surface area contributed by atoms with Gasteiger partial charge in [0.1, 0.15) is 0 Å². The Kier molecular flexibility index (Phi) is 7.34. The van der Waals surface area contributed by atoms with Crippen molar-refractivity contribution in [2.45, 2.75) is 32.6 Å². The first-order chi connectivity index (χ1) is 8.74. The minimum absolute atomic E-state index is 0.383. The van der Waals surface area contributed by atoms with Crippen molar-refractivity contribution in [3.63, 3.8) is 0 Å². The third-order valence-electron chi connectivity index (χ3n) is 2.69. The van der Waals surface area contributed by atoms with Crippen LogP contribution in [-0.4, -0.2) is 17.5 Å². The van der Waals surface area contributed by atoms with E-state index in [0.29, 0.717) is 5.56 Å². The van der Waals surface area contributed by atoms with Crippen LogP contribution in [0.25, 0.3) is 0 Å². The van der Waals surface area contributed by atoms with Gasteiger partial charge in [0, 0.05) is 11.3 Å². The standard InChI is InChI=1S/C14H22N2OS/c1-2-3-4-5-10-18-11-16-13-8-6-12(7-9-13)14(15)17/h6-9,16H,2-5,10-11H2,1H3,(H2,15,17). The molecule has 0 saturated heterocycles. The lowest BCUT2D eigenvalue weighted by Gasteiger charge is -2.06. The molecule has 0 aromatic heterocycles. The number of carbonyl (C=O) groups excluding carboxylic acids is 1. The van der Waals surface area contributed by atoms with Gasteiger partial charge in [-0.15, -0.1) is 11.8 Å². The fourth-order valence-electron chi connectivity index (χ4n) is 1.59. The summed E-state index contributed by atoms with van der Waals surface area (Å²) in [6, 6.07) is 7.27. The van der Waals surface area contributed by atoms with Crippen molar-refractivity contribution in [3.05, 3.63) is 29.8 Å². The summed E-state index contributed by atoms with van der Waals surface area (Å²) in [5.74, 6) is 1.72. The summed E-state index contributed by atoms with van der Waals surface area (Å²) in [7, 11) is 0. The number of primary amides is 1. The highest BCUT2D eigenvalue weighted by Crippen LogP contribution is 2.12. The minimum Gasteiger partial charge on any atom is -0.376 e. The van der Waals surface area contributed by atoms with Gasteiger partial charge in [-0.1, -0.05) is 26.2 Å². The van der Waals surface area contributed by atoms with E-state index < -0.39 is 0 Å². The van der Waals surface area contributed by atoms with Crippen LogP contribution in [0.15, 0.2) is 24.3 Å². The van der Waals surface area contributed by atoms with Crippen molar-refractivity contribution in [1.82, 2.24) is 0 Å². The molecular weight excluding hydrogens is 244 g/mol. The van der Waals surface area contributed by atoms with Crippen molar-refractivity contribution in [2.75, 3.05) is 16.9 Å². The number of benzene rings is 1. The molecule has 100 valence electrons. The molecule has 3 nitrogen and oxygen atoms in total. The predicted octanol–water partition coefficient (Wildman–Crippen LogP) is 3.47. The number of anilines is 1. The number of carbonyl (C=O) groups is 1. The maximum Gasteiger partial charge on any atom is 0.248 e. The minimum atomic E-state index is -0.383. The molecule has 3 N–H and O–H groups in total. The van der Waals surface area contributed by atoms with Crippen molar-refractivity contribution in [1.29, 1.82) is 0 Å². The Bertz CT molecular complexity index is 351. The third-order valence-corrected chi connectivity index (χ3v) is 3.62. The maximum absolute atomic E-state index is 10.9. The Labute approximate surface area is 114 Å². The van der Waals surface area contributed by atoms with Crippen LogP contribution in [0.5, 0.6) is 0 Å². The number of rotatable bonds is 9. The predicted molar refractivity (Wildman–Crippen MR) is 80.0 cm³/mol. The van der Waals surface area contributed by atoms with Gasteiger partial charge in [-0.05, 0) is 36.4 Å². The van der Waals surface area contributed by atoms with Gasteiger partial charge in [0.15, 0.2) is 0 Å². The molecule has 0 saturated carbocycles. The van der Waals surface area contributed by atoms with E-state index in [1.807, 2.05) is 23.9 Å². The lowest BCUT2D eigenvalue weighted by atomic mass is 10.2. The van der Waals surface area contributed by atoms with Crippen LogP contribution in [0.2, 0.25) is 0 Å². The molecule has 0 radical (unpaired) electrons. The maximum atomic E-state index is 10.9. The summed E-state index contributed by atoms with van der Waals surface area (Å²) in [5.41, 5.74) is 6.76. The highest BCUT2D eigenvalue weighted by atomic mass is 32.2. The van der Waals surface area contributed by atoms with E-state index >= 15 is 0 Å². The fourth-order valence-corrected chi connectivity index (χ4v) is 2.41. The van der Waals surface area contributed by atoms with Crippen LogP contribution >= 0.6 is 11.8 Å². The Morgan fingerprint density at radius 1 is 1.22 bits per heavy atom. The molecule has 0 unspecified atom stereocenters. The number of hydrogen-bond donors (Lipinski definition) is 2. The summed E-state index contributed by atoms with van der Waals surface area (Å²) >= 11 is 1.91. The smallest absolute Gasteiger partial charge is 0.248 e. The highest BCUT2D eigenvalue weighted by Gasteiger charge is 1.99. The summed E-state index contributed by atoms with van der Waals surface area (Å²) in [6.45, 7) is 2.23. The van der Waals surface area contributed by atoms with Gasteiger partial charge in [0.2, 0.25) is 5.91 Å². The molecule has 0 atom stereocenters. The Hall–Kier alpha value is -1.16. The highest BCUT2D eigenvalue weighted by molar-refractivity contribution is 7.99. The Morgan fingerprint density at radius 3 is 2.56 bits per heavy atom. The van der Waals surface area contributed by atoms with Crippen LogP contribution in [0, 0.1) is 0 Å². The topological polar surface area (TPSA) is 55.1 Å². The van der Waals surface area contributed by atoms with E-state index in [1.165, 1.54) is 31.4 Å². The number of hydrogen-bond acceptors (Lipinski definition) is 3. The lowest BCUT2D eigenvalue weighted by molar-refractivity contribution is 0.100. The van der Waals surface area contributed by atoms with Crippen LogP contribution in [-0.2, 0) is 0 Å². The molecule has 0 aliphatic heterocycles. The molecule has 1 aromatic rings. The molecule has 18 heavy (non-hydrogen) atoms. The first-order valence-corrected chi connectivity index (χ1v) is 7.61. The molecule has 0 spiro atoms. The third kappa shape index (κ3) is 5.96. The first kappa shape index (κ1) is 14.9. The average Bonchev–Trinajstić information content (AvgIpc) is 2.38. The first-order valence-electron chi connectivity index (χ1n) is 6.45. The summed E-state index contributed by atoms with van der Waals surface area (Å²) < 4.78 is 0. The average molecular weight is 266 g/mol. The summed E-state index contributed by atoms with van der Waals surface area (Å²) in [6.07, 6.45) is 5.25. The largest absolute Gasteiger partial charge is 0.376 e. The molecule has 1 rings (SSSR count). The van der Waals surface area contributed by atoms with E-state index in [9.17, 15) is 4.79 Å². The molecule has 0 aliphatic rings. The Balaban J connectivity index is 2.14. The Morgan fingerprint density at radius 2 is 1.94 bits per heavy atom. The fraction of sp³-hybridized carbons (Fsp3) is 0.500. The zero-order chi connectivity index (χ0) is 13.2. The van der Waals surface area contributed by atoms with E-state index in [-0.39, 0.29) is 5.91 Å². The summed E-state index contributed by atoms with van der Waals surface area (Å²) in [4.78, 5) is 10.9. The number of nitrogens with two attached hydrogens (primary N) is 1. The zero-order valence-electron chi connectivity index (χ0n) is 10.9. The van der Waals surface area contributed by atoms with E-state index in [1.54, 1.807) is 12.1 Å². The van der Waals surface area contributed by atoms with E-state index in [0.717, 1.165) is 11.6 Å². The van der Waals surface area contributed by atoms with Gasteiger partial charge in [0.05, 0.1) is 5.88 Å². The number of unbranched alkanes of at least 4 members (excludes halogenated alkanes) is 3. The molecule has 0 aliphatic carbocycles. The van der Waals surface area contributed by atoms with Crippen LogP contribution in [0.1, 0.15) is 43.0 Å². The molecule has 0 heterocycles. The van der Waals surface area contributed by atoms with Gasteiger partial charge >= 0.3 is 0 Å². The van der Waals surface area contributed by atoms with Gasteiger partial charge in [0.25, 0.3) is 0 Å². The molecule has 0 bridgehead atoms. The lowest BCUT2D eigenvalue weighted by Crippen LogP contribution is -2.10. The van der Waals surface area contributed by atoms with Crippen molar-refractivity contribution in [3.8, 4) is 0 Å².